The number of anilines is 2. The number of nitrogens with zero attached hydrogens (tertiary/aromatic N) is 1. The lowest BCUT2D eigenvalue weighted by molar-refractivity contribution is -0.122. The number of rotatable bonds is 5. The molecule has 7 heteroatoms. The summed E-state index contributed by atoms with van der Waals surface area (Å²) < 4.78 is 5.24. The second kappa shape index (κ2) is 9.55. The van der Waals surface area contributed by atoms with Gasteiger partial charge in [-0.25, -0.2) is 9.69 Å². The Morgan fingerprint density at radius 3 is 1.80 bits per heavy atom. The third-order valence-electron chi connectivity index (χ3n) is 8.46. The summed E-state index contributed by atoms with van der Waals surface area (Å²) >= 11 is 0. The van der Waals surface area contributed by atoms with E-state index in [0.29, 0.717) is 11.4 Å². The van der Waals surface area contributed by atoms with Crippen LogP contribution < -0.4 is 10.2 Å². The molecule has 1 heterocycles. The first-order chi connectivity index (χ1) is 19.9. The number of benzene rings is 4. The number of hydrogen-bond donors (Lipinski definition) is 1. The largest absolute Gasteiger partial charge is 0.452 e. The Labute approximate surface area is 236 Å². The molecule has 41 heavy (non-hydrogen) atoms. The van der Waals surface area contributed by atoms with Crippen LogP contribution in [-0.4, -0.2) is 30.3 Å². The fourth-order valence-electron chi connectivity index (χ4n) is 6.75. The molecule has 0 aromatic heterocycles. The molecule has 0 unspecified atom stereocenters. The van der Waals surface area contributed by atoms with Crippen molar-refractivity contribution in [3.05, 3.63) is 130 Å². The lowest BCUT2D eigenvalue weighted by atomic mass is 9.55. The summed E-state index contributed by atoms with van der Waals surface area (Å²) in [5.74, 6) is -3.16. The highest BCUT2D eigenvalue weighted by atomic mass is 16.5. The second-order valence-electron chi connectivity index (χ2n) is 10.8. The van der Waals surface area contributed by atoms with Crippen LogP contribution in [0.15, 0.2) is 97.1 Å². The van der Waals surface area contributed by atoms with E-state index in [1.54, 1.807) is 24.3 Å². The van der Waals surface area contributed by atoms with Gasteiger partial charge in [0.05, 0.1) is 23.1 Å². The average molecular weight is 543 g/mol. The Hall–Kier alpha value is -5.04. The van der Waals surface area contributed by atoms with Crippen molar-refractivity contribution in [3.8, 4) is 0 Å². The fraction of sp³-hybridized carbons (Fsp3) is 0.176. The van der Waals surface area contributed by atoms with Crippen LogP contribution in [0.1, 0.15) is 50.0 Å². The maximum atomic E-state index is 14.0. The Balaban J connectivity index is 1.13. The van der Waals surface area contributed by atoms with E-state index in [0.717, 1.165) is 27.8 Å². The van der Waals surface area contributed by atoms with Crippen LogP contribution in [0.3, 0.4) is 0 Å². The number of hydrogen-bond acceptors (Lipinski definition) is 5. The monoisotopic (exact) mass is 542 g/mol. The molecule has 7 nitrogen and oxygen atoms in total. The quantitative estimate of drug-likeness (QED) is 0.277. The Morgan fingerprint density at radius 1 is 0.732 bits per heavy atom. The molecule has 1 saturated heterocycles. The van der Waals surface area contributed by atoms with E-state index in [2.05, 4.69) is 29.6 Å². The number of amides is 3. The minimum atomic E-state index is -0.720. The van der Waals surface area contributed by atoms with Gasteiger partial charge in [-0.1, -0.05) is 72.3 Å². The Kier molecular flexibility index (Phi) is 5.82. The summed E-state index contributed by atoms with van der Waals surface area (Å²) in [5.41, 5.74) is 6.53. The van der Waals surface area contributed by atoms with Crippen molar-refractivity contribution >= 4 is 35.1 Å². The van der Waals surface area contributed by atoms with Gasteiger partial charge in [0.1, 0.15) is 0 Å². The van der Waals surface area contributed by atoms with Crippen LogP contribution >= 0.6 is 0 Å². The van der Waals surface area contributed by atoms with Crippen LogP contribution in [0.25, 0.3) is 0 Å². The third-order valence-corrected chi connectivity index (χ3v) is 8.46. The summed E-state index contributed by atoms with van der Waals surface area (Å²) in [6, 6.07) is 29.7. The van der Waals surface area contributed by atoms with E-state index < -0.39 is 30.3 Å². The maximum absolute atomic E-state index is 14.0. The third kappa shape index (κ3) is 3.96. The molecule has 2 bridgehead atoms. The molecule has 1 N–H and O–H groups in total. The minimum Gasteiger partial charge on any atom is -0.452 e. The predicted molar refractivity (Wildman–Crippen MR) is 153 cm³/mol. The van der Waals surface area contributed by atoms with E-state index in [4.69, 9.17) is 4.74 Å². The van der Waals surface area contributed by atoms with Gasteiger partial charge in [0.25, 0.3) is 5.91 Å². The zero-order valence-corrected chi connectivity index (χ0v) is 22.2. The van der Waals surface area contributed by atoms with Crippen LogP contribution in [0, 0.1) is 18.8 Å². The van der Waals surface area contributed by atoms with E-state index in [1.807, 2.05) is 43.3 Å². The first kappa shape index (κ1) is 25.0. The molecule has 0 radical (unpaired) electrons. The molecule has 2 atom stereocenters. The zero-order valence-electron chi connectivity index (χ0n) is 22.2. The summed E-state index contributed by atoms with van der Waals surface area (Å²) in [5, 5.41) is 2.69. The highest BCUT2D eigenvalue weighted by Crippen LogP contribution is 2.61. The van der Waals surface area contributed by atoms with Gasteiger partial charge in [0.2, 0.25) is 11.8 Å². The van der Waals surface area contributed by atoms with Crippen molar-refractivity contribution in [1.29, 1.82) is 0 Å². The number of carbonyl (C=O) groups is 4. The normalized spacial score (nSPS) is 21.6. The number of ether oxygens (including phenoxy) is 1. The number of carbonyl (C=O) groups excluding carboxylic acids is 4. The van der Waals surface area contributed by atoms with Gasteiger partial charge in [-0.2, -0.15) is 0 Å². The first-order valence-electron chi connectivity index (χ1n) is 13.6. The van der Waals surface area contributed by atoms with Gasteiger partial charge >= 0.3 is 5.97 Å². The molecule has 4 aromatic rings. The van der Waals surface area contributed by atoms with Crippen LogP contribution in [0.2, 0.25) is 0 Å². The molecule has 0 spiro atoms. The van der Waals surface area contributed by atoms with Crippen LogP contribution in [0.4, 0.5) is 11.4 Å². The molecule has 8 rings (SSSR count). The van der Waals surface area contributed by atoms with Gasteiger partial charge in [0.15, 0.2) is 6.61 Å². The fourth-order valence-corrected chi connectivity index (χ4v) is 6.75. The predicted octanol–water partition coefficient (Wildman–Crippen LogP) is 5.19. The number of nitrogens with one attached hydrogen (secondary N) is 1. The molecular weight excluding hydrogens is 516 g/mol. The molecule has 202 valence electrons. The van der Waals surface area contributed by atoms with E-state index >= 15 is 0 Å². The van der Waals surface area contributed by atoms with Crippen molar-refractivity contribution in [3.63, 3.8) is 0 Å². The van der Waals surface area contributed by atoms with E-state index in [-0.39, 0.29) is 29.2 Å². The molecule has 3 amide bonds. The molecule has 4 aliphatic rings. The molecule has 1 fully saturated rings. The van der Waals surface area contributed by atoms with Crippen LogP contribution in [-0.2, 0) is 19.1 Å². The Bertz CT molecular complexity index is 1630. The first-order valence-corrected chi connectivity index (χ1v) is 13.6. The van der Waals surface area contributed by atoms with Crippen molar-refractivity contribution in [1.82, 2.24) is 0 Å². The average Bonchev–Trinajstić information content (AvgIpc) is 3.27. The SMILES string of the molecule is Cc1ccc(NC(=O)COC(=O)c2cccc(N3C(=O)[C@@H]4C5c6ccccc6C(c6ccccc65)[C@H]4C3=O)c2)cc1. The second-order valence-corrected chi connectivity index (χ2v) is 10.8. The van der Waals surface area contributed by atoms with Gasteiger partial charge in [-0.15, -0.1) is 0 Å². The highest BCUT2D eigenvalue weighted by molar-refractivity contribution is 6.23. The molecule has 1 aliphatic heterocycles. The van der Waals surface area contributed by atoms with Crippen LogP contribution in [0.5, 0.6) is 0 Å². The zero-order chi connectivity index (χ0) is 28.2. The standard InChI is InChI=1S/C34H26N2O5/c1-19-13-15-21(16-14-19)35-27(37)18-41-34(40)20-7-6-8-22(17-20)36-32(38)30-28-23-9-2-3-10-24(23)29(31(30)33(36)39)26-12-5-4-11-25(26)28/h2-17,28-31H,18H2,1H3,(H,35,37)/t28?,29?,30-,31-/m1/s1. The number of aryl methyl sites for hydroxylation is 1. The summed E-state index contributed by atoms with van der Waals surface area (Å²) in [7, 11) is 0. The van der Waals surface area contributed by atoms with E-state index in [9.17, 15) is 19.2 Å². The van der Waals surface area contributed by atoms with Crippen molar-refractivity contribution < 1.29 is 23.9 Å². The van der Waals surface area contributed by atoms with Crippen molar-refractivity contribution in [2.45, 2.75) is 18.8 Å². The van der Waals surface area contributed by atoms with Gasteiger partial charge < -0.3 is 10.1 Å². The van der Waals surface area contributed by atoms with Crippen molar-refractivity contribution in [2.24, 2.45) is 11.8 Å². The lowest BCUT2D eigenvalue weighted by Gasteiger charge is -2.45. The molecular formula is C34H26N2O5. The van der Waals surface area contributed by atoms with Gasteiger partial charge in [0, 0.05) is 17.5 Å². The lowest BCUT2D eigenvalue weighted by Crippen LogP contribution is -2.41. The smallest absolute Gasteiger partial charge is 0.338 e. The topological polar surface area (TPSA) is 92.8 Å². The summed E-state index contributed by atoms with van der Waals surface area (Å²) in [6.45, 7) is 1.48. The maximum Gasteiger partial charge on any atom is 0.338 e. The molecule has 0 saturated carbocycles. The number of esters is 1. The molecule has 4 aromatic carbocycles. The Morgan fingerprint density at radius 2 is 1.27 bits per heavy atom. The minimum absolute atomic E-state index is 0.149. The highest BCUT2D eigenvalue weighted by Gasteiger charge is 2.61. The van der Waals surface area contributed by atoms with Gasteiger partial charge in [-0.3, -0.25) is 14.4 Å². The van der Waals surface area contributed by atoms with E-state index in [1.165, 1.54) is 17.0 Å². The van der Waals surface area contributed by atoms with Crippen molar-refractivity contribution in [2.75, 3.05) is 16.8 Å². The van der Waals surface area contributed by atoms with Gasteiger partial charge in [-0.05, 0) is 59.5 Å². The molecule has 3 aliphatic carbocycles. The summed E-state index contributed by atoms with van der Waals surface area (Å²) in [4.78, 5) is 54.4. The summed E-state index contributed by atoms with van der Waals surface area (Å²) in [6.07, 6.45) is 0. The number of imide groups is 1.